The van der Waals surface area contributed by atoms with E-state index in [1.54, 1.807) is 0 Å². The Morgan fingerprint density at radius 3 is 2.52 bits per heavy atom. The van der Waals surface area contributed by atoms with E-state index in [1.165, 1.54) is 22.3 Å². The zero-order chi connectivity index (χ0) is 19.0. The first-order chi connectivity index (χ1) is 13.0. The van der Waals surface area contributed by atoms with Gasteiger partial charge in [-0.1, -0.05) is 18.2 Å². The summed E-state index contributed by atoms with van der Waals surface area (Å²) in [7, 11) is 0. The number of hydrogen-bond donors (Lipinski definition) is 2. The van der Waals surface area contributed by atoms with Gasteiger partial charge in [0.1, 0.15) is 6.17 Å². The van der Waals surface area contributed by atoms with Gasteiger partial charge in [-0.05, 0) is 60.7 Å². The maximum atomic E-state index is 13.2. The summed E-state index contributed by atoms with van der Waals surface area (Å²) < 4.78 is 13.2. The topological polar surface area (TPSA) is 44.4 Å². The summed E-state index contributed by atoms with van der Waals surface area (Å²) in [5.74, 6) is -0.107. The Bertz CT molecular complexity index is 836. The molecule has 2 aromatic rings. The smallest absolute Gasteiger partial charge is 0.251 e. The number of nitrogens with one attached hydrogen (secondary N) is 2. The van der Waals surface area contributed by atoms with E-state index >= 15 is 0 Å². The minimum absolute atomic E-state index is 0.0201. The fraction of sp³-hybridized carbons (Fsp3) is 0.409. The van der Waals surface area contributed by atoms with Crippen LogP contribution in [0.1, 0.15) is 39.0 Å². The van der Waals surface area contributed by atoms with Crippen molar-refractivity contribution >= 4 is 11.6 Å². The average Bonchev–Trinajstić information content (AvgIpc) is 3.26. The molecule has 0 aromatic heterocycles. The van der Waals surface area contributed by atoms with Crippen LogP contribution in [0.25, 0.3) is 0 Å². The average molecular weight is 367 g/mol. The number of carbonyl (C=O) groups is 1. The van der Waals surface area contributed by atoms with E-state index in [1.807, 2.05) is 18.2 Å². The van der Waals surface area contributed by atoms with Gasteiger partial charge in [0.2, 0.25) is 0 Å². The number of rotatable bonds is 4. The van der Waals surface area contributed by atoms with E-state index < -0.39 is 6.17 Å². The molecule has 2 aromatic carbocycles. The van der Waals surface area contributed by atoms with Gasteiger partial charge in [0.25, 0.3) is 5.91 Å². The number of carbonyl (C=O) groups excluding carboxylic acids is 1. The number of aryl methyl sites for hydroxylation is 2. The number of fused-ring (bicyclic) bond motifs is 1. The molecule has 2 N–H and O–H groups in total. The Hall–Kier alpha value is -2.40. The number of nitrogens with zero attached hydrogens (tertiary/aromatic N) is 1. The monoisotopic (exact) mass is 367 g/mol. The third-order valence-electron chi connectivity index (χ3n) is 5.69. The molecule has 4 rings (SSSR count). The van der Waals surface area contributed by atoms with Gasteiger partial charge in [0.15, 0.2) is 0 Å². The third kappa shape index (κ3) is 3.83. The first-order valence-corrected chi connectivity index (χ1v) is 9.59. The minimum atomic E-state index is -0.806. The molecule has 0 radical (unpaired) electrons. The third-order valence-corrected chi connectivity index (χ3v) is 5.69. The van der Waals surface area contributed by atoms with Crippen molar-refractivity contribution in [3.8, 4) is 0 Å². The number of halogens is 1. The number of benzene rings is 2. The van der Waals surface area contributed by atoms with Gasteiger partial charge in [0, 0.05) is 43.5 Å². The summed E-state index contributed by atoms with van der Waals surface area (Å²) in [5, 5.41) is 6.02. The number of hydrogen-bond acceptors (Lipinski definition) is 3. The van der Waals surface area contributed by atoms with Crippen LogP contribution in [0, 0.1) is 13.8 Å². The molecule has 1 amide bonds. The minimum Gasteiger partial charge on any atom is -0.363 e. The van der Waals surface area contributed by atoms with Gasteiger partial charge in [-0.3, -0.25) is 4.79 Å². The molecule has 2 atom stereocenters. The number of anilines is 1. The zero-order valence-electron chi connectivity index (χ0n) is 15.9. The van der Waals surface area contributed by atoms with Gasteiger partial charge in [-0.15, -0.1) is 0 Å². The van der Waals surface area contributed by atoms with Gasteiger partial charge >= 0.3 is 0 Å². The summed E-state index contributed by atoms with van der Waals surface area (Å²) >= 11 is 0. The molecular weight excluding hydrogens is 341 g/mol. The van der Waals surface area contributed by atoms with Crippen molar-refractivity contribution in [2.24, 2.45) is 0 Å². The van der Waals surface area contributed by atoms with Gasteiger partial charge in [-0.25, -0.2) is 4.39 Å². The van der Waals surface area contributed by atoms with Crippen molar-refractivity contribution in [3.63, 3.8) is 0 Å². The largest absolute Gasteiger partial charge is 0.363 e. The molecule has 0 bridgehead atoms. The molecule has 2 aliphatic heterocycles. The van der Waals surface area contributed by atoms with Crippen LogP contribution >= 0.6 is 0 Å². The van der Waals surface area contributed by atoms with Crippen molar-refractivity contribution in [1.29, 1.82) is 0 Å². The van der Waals surface area contributed by atoms with Crippen molar-refractivity contribution in [2.45, 2.75) is 45.6 Å². The lowest BCUT2D eigenvalue weighted by atomic mass is 10.0. The Balaban J connectivity index is 1.43. The van der Waals surface area contributed by atoms with Crippen LogP contribution in [0.4, 0.5) is 10.1 Å². The van der Waals surface area contributed by atoms with E-state index in [9.17, 15) is 9.18 Å². The molecular formula is C22H26FN3O. The van der Waals surface area contributed by atoms with Crippen molar-refractivity contribution in [1.82, 2.24) is 10.6 Å². The van der Waals surface area contributed by atoms with Crippen molar-refractivity contribution < 1.29 is 9.18 Å². The molecule has 2 aliphatic rings. The summed E-state index contributed by atoms with van der Waals surface area (Å²) in [6.07, 6.45) is -0.343. The van der Waals surface area contributed by atoms with E-state index in [2.05, 4.69) is 47.6 Å². The van der Waals surface area contributed by atoms with Crippen molar-refractivity contribution in [2.75, 3.05) is 18.0 Å². The van der Waals surface area contributed by atoms with E-state index in [-0.39, 0.29) is 11.9 Å². The fourth-order valence-electron chi connectivity index (χ4n) is 3.97. The molecule has 0 unspecified atom stereocenters. The summed E-state index contributed by atoms with van der Waals surface area (Å²) in [4.78, 5) is 14.8. The van der Waals surface area contributed by atoms with Crippen LogP contribution in [-0.2, 0) is 13.1 Å². The summed E-state index contributed by atoms with van der Waals surface area (Å²) in [6.45, 7) is 6.86. The maximum Gasteiger partial charge on any atom is 0.251 e. The van der Waals surface area contributed by atoms with Crippen LogP contribution in [0.15, 0.2) is 36.4 Å². The van der Waals surface area contributed by atoms with Crippen LogP contribution < -0.4 is 15.5 Å². The molecule has 2 heterocycles. The standard InChI is InChI=1S/C22H26FN3O/c1-14-6-17-12-26(13-18(17)7-15(14)2)21-5-3-4-16(8-21)22(27)25-11-20-9-19(23)10-24-20/h3-8,19-20,24H,9-13H2,1-2H3,(H,25,27)/t19-,20-/m0/s1. The lowest BCUT2D eigenvalue weighted by Gasteiger charge is -2.19. The quantitative estimate of drug-likeness (QED) is 0.872. The zero-order valence-corrected chi connectivity index (χ0v) is 15.9. The van der Waals surface area contributed by atoms with E-state index in [0.717, 1.165) is 18.8 Å². The van der Waals surface area contributed by atoms with Crippen LogP contribution in [0.3, 0.4) is 0 Å². The lowest BCUT2D eigenvalue weighted by molar-refractivity contribution is 0.0950. The predicted octanol–water partition coefficient (Wildman–Crippen LogP) is 3.25. The van der Waals surface area contributed by atoms with Gasteiger partial charge in [-0.2, -0.15) is 0 Å². The normalized spacial score (nSPS) is 21.4. The van der Waals surface area contributed by atoms with E-state index in [0.29, 0.717) is 25.1 Å². The molecule has 0 saturated carbocycles. The predicted molar refractivity (Wildman–Crippen MR) is 106 cm³/mol. The van der Waals surface area contributed by atoms with Gasteiger partial charge < -0.3 is 15.5 Å². The first kappa shape index (κ1) is 18.0. The molecule has 0 spiro atoms. The SMILES string of the molecule is Cc1cc2c(cc1C)CN(c1cccc(C(=O)NC[C@@H]3C[C@H](F)CN3)c1)C2. The van der Waals surface area contributed by atoms with Crippen LogP contribution in [0.5, 0.6) is 0 Å². The molecule has 27 heavy (non-hydrogen) atoms. The van der Waals surface area contributed by atoms with E-state index in [4.69, 9.17) is 0 Å². The van der Waals surface area contributed by atoms with Crippen LogP contribution in [0.2, 0.25) is 0 Å². The lowest BCUT2D eigenvalue weighted by Crippen LogP contribution is -2.37. The fourth-order valence-corrected chi connectivity index (χ4v) is 3.97. The molecule has 142 valence electrons. The second-order valence-electron chi connectivity index (χ2n) is 7.76. The highest BCUT2D eigenvalue weighted by molar-refractivity contribution is 5.95. The Morgan fingerprint density at radius 1 is 1.19 bits per heavy atom. The highest BCUT2D eigenvalue weighted by Crippen LogP contribution is 2.30. The molecule has 5 heteroatoms. The van der Waals surface area contributed by atoms with Gasteiger partial charge in [0.05, 0.1) is 0 Å². The summed E-state index contributed by atoms with van der Waals surface area (Å²) in [6, 6.07) is 12.3. The highest BCUT2D eigenvalue weighted by atomic mass is 19.1. The Labute approximate surface area is 159 Å². The highest BCUT2D eigenvalue weighted by Gasteiger charge is 2.24. The Kier molecular flexibility index (Phi) is 4.87. The molecule has 1 saturated heterocycles. The molecule has 4 nitrogen and oxygen atoms in total. The molecule has 0 aliphatic carbocycles. The number of alkyl halides is 1. The van der Waals surface area contributed by atoms with Crippen molar-refractivity contribution in [3.05, 3.63) is 64.2 Å². The molecule has 1 fully saturated rings. The second kappa shape index (κ2) is 7.31. The Morgan fingerprint density at radius 2 is 1.89 bits per heavy atom. The van der Waals surface area contributed by atoms with Crippen LogP contribution in [-0.4, -0.2) is 31.2 Å². The number of amides is 1. The summed E-state index contributed by atoms with van der Waals surface area (Å²) in [5.41, 5.74) is 7.06. The maximum absolute atomic E-state index is 13.2. The second-order valence-corrected chi connectivity index (χ2v) is 7.76. The first-order valence-electron chi connectivity index (χ1n) is 9.59.